The Hall–Kier alpha value is -3.79. The summed E-state index contributed by atoms with van der Waals surface area (Å²) < 4.78 is 32.3. The SMILES string of the molecule is O=C1C(SCc2ccco2)=C(c2ccc([N+](=O)[O-])cc2)C(=O)N1c1ccc(F)c(F)c1. The average molecular weight is 442 g/mol. The predicted molar refractivity (Wildman–Crippen MR) is 109 cm³/mol. The van der Waals surface area contributed by atoms with Crippen LogP contribution in [0.1, 0.15) is 11.3 Å². The van der Waals surface area contributed by atoms with Crippen molar-refractivity contribution in [2.75, 3.05) is 4.90 Å². The van der Waals surface area contributed by atoms with Crippen LogP contribution in [0, 0.1) is 21.7 Å². The van der Waals surface area contributed by atoms with Gasteiger partial charge in [-0.1, -0.05) is 0 Å². The number of thioether (sulfide) groups is 1. The zero-order valence-corrected chi connectivity index (χ0v) is 16.4. The summed E-state index contributed by atoms with van der Waals surface area (Å²) in [4.78, 5) is 37.4. The van der Waals surface area contributed by atoms with Crippen molar-refractivity contribution in [3.05, 3.63) is 98.8 Å². The molecule has 1 aromatic heterocycles. The topological polar surface area (TPSA) is 93.7 Å². The zero-order chi connectivity index (χ0) is 22.1. The highest BCUT2D eigenvalue weighted by atomic mass is 32.2. The third-order valence-corrected chi connectivity index (χ3v) is 5.60. The molecule has 10 heteroatoms. The van der Waals surface area contributed by atoms with Crippen LogP contribution in [0.2, 0.25) is 0 Å². The third kappa shape index (κ3) is 3.84. The van der Waals surface area contributed by atoms with Crippen LogP contribution in [0.4, 0.5) is 20.2 Å². The van der Waals surface area contributed by atoms with Crippen LogP contribution < -0.4 is 4.90 Å². The van der Waals surface area contributed by atoms with E-state index < -0.39 is 28.4 Å². The van der Waals surface area contributed by atoms with Gasteiger partial charge < -0.3 is 4.42 Å². The van der Waals surface area contributed by atoms with Crippen LogP contribution in [-0.2, 0) is 15.3 Å². The van der Waals surface area contributed by atoms with Crippen LogP contribution in [0.25, 0.3) is 5.57 Å². The van der Waals surface area contributed by atoms with E-state index in [9.17, 15) is 28.5 Å². The first-order valence-corrected chi connectivity index (χ1v) is 9.83. The molecule has 1 aliphatic heterocycles. The first kappa shape index (κ1) is 20.5. The lowest BCUT2D eigenvalue weighted by Gasteiger charge is -2.15. The fourth-order valence-electron chi connectivity index (χ4n) is 3.04. The number of nitrogens with zero attached hydrogens (tertiary/aromatic N) is 2. The Morgan fingerprint density at radius 1 is 1.00 bits per heavy atom. The van der Waals surface area contributed by atoms with Gasteiger partial charge in [-0.2, -0.15) is 0 Å². The average Bonchev–Trinajstić information content (AvgIpc) is 3.35. The Labute approximate surface area is 178 Å². The Bertz CT molecular complexity index is 1220. The summed E-state index contributed by atoms with van der Waals surface area (Å²) in [6.07, 6.45) is 1.47. The number of nitro groups is 1. The number of nitro benzene ring substituents is 1. The summed E-state index contributed by atoms with van der Waals surface area (Å²) in [5.41, 5.74) is 0.00227. The zero-order valence-electron chi connectivity index (χ0n) is 15.6. The molecular weight excluding hydrogens is 430 g/mol. The van der Waals surface area contributed by atoms with E-state index in [4.69, 9.17) is 4.42 Å². The maximum absolute atomic E-state index is 13.7. The minimum Gasteiger partial charge on any atom is -0.468 e. The molecule has 0 atom stereocenters. The van der Waals surface area contributed by atoms with Crippen molar-refractivity contribution < 1.29 is 27.7 Å². The second kappa shape index (κ2) is 8.15. The quantitative estimate of drug-likeness (QED) is 0.313. The van der Waals surface area contributed by atoms with Gasteiger partial charge in [-0.25, -0.2) is 13.7 Å². The first-order chi connectivity index (χ1) is 14.9. The van der Waals surface area contributed by atoms with Gasteiger partial charge in [0, 0.05) is 18.2 Å². The van der Waals surface area contributed by atoms with Crippen LogP contribution in [0.5, 0.6) is 0 Å². The smallest absolute Gasteiger partial charge is 0.272 e. The number of hydrogen-bond donors (Lipinski definition) is 0. The number of halogens is 2. The van der Waals surface area contributed by atoms with E-state index in [2.05, 4.69) is 0 Å². The molecular formula is C21H12F2N2O5S. The highest BCUT2D eigenvalue weighted by molar-refractivity contribution is 8.03. The van der Waals surface area contributed by atoms with E-state index >= 15 is 0 Å². The lowest BCUT2D eigenvalue weighted by Crippen LogP contribution is -2.31. The van der Waals surface area contributed by atoms with Gasteiger partial charge in [-0.05, 0) is 42.0 Å². The monoisotopic (exact) mass is 442 g/mol. The van der Waals surface area contributed by atoms with Crippen LogP contribution in [0.3, 0.4) is 0 Å². The number of carbonyl (C=O) groups excluding carboxylic acids is 2. The Balaban J connectivity index is 1.76. The van der Waals surface area contributed by atoms with Crippen LogP contribution >= 0.6 is 11.8 Å². The van der Waals surface area contributed by atoms with Crippen molar-refractivity contribution in [2.45, 2.75) is 5.75 Å². The lowest BCUT2D eigenvalue weighted by molar-refractivity contribution is -0.384. The van der Waals surface area contributed by atoms with E-state index in [1.807, 2.05) is 0 Å². The largest absolute Gasteiger partial charge is 0.468 e. The van der Waals surface area contributed by atoms with Crippen molar-refractivity contribution in [1.29, 1.82) is 0 Å². The van der Waals surface area contributed by atoms with Crippen LogP contribution in [-0.4, -0.2) is 16.7 Å². The summed E-state index contributed by atoms with van der Waals surface area (Å²) in [6, 6.07) is 11.3. The van der Waals surface area contributed by atoms with Crippen molar-refractivity contribution in [3.8, 4) is 0 Å². The van der Waals surface area contributed by atoms with Crippen molar-refractivity contribution in [3.63, 3.8) is 0 Å². The number of amides is 2. The minimum atomic E-state index is -1.20. The fourth-order valence-corrected chi connectivity index (χ4v) is 4.06. The van der Waals surface area contributed by atoms with Gasteiger partial charge >= 0.3 is 0 Å². The molecule has 0 N–H and O–H groups in total. The molecule has 2 amide bonds. The summed E-state index contributed by atoms with van der Waals surface area (Å²) in [7, 11) is 0. The number of carbonyl (C=O) groups is 2. The first-order valence-electron chi connectivity index (χ1n) is 8.85. The molecule has 4 rings (SSSR count). The Morgan fingerprint density at radius 2 is 1.74 bits per heavy atom. The number of rotatable bonds is 6. The number of furan rings is 1. The molecule has 0 radical (unpaired) electrons. The van der Waals surface area contributed by atoms with Gasteiger partial charge in [0.1, 0.15) is 5.76 Å². The summed E-state index contributed by atoms with van der Waals surface area (Å²) in [5.74, 6) is -2.96. The number of imide groups is 1. The number of anilines is 1. The third-order valence-electron chi connectivity index (χ3n) is 4.51. The van der Waals surface area contributed by atoms with E-state index in [0.717, 1.165) is 34.9 Å². The van der Waals surface area contributed by atoms with E-state index in [1.165, 1.54) is 30.5 Å². The highest BCUT2D eigenvalue weighted by Gasteiger charge is 2.40. The van der Waals surface area contributed by atoms with Gasteiger partial charge in [0.05, 0.1) is 33.1 Å². The molecule has 31 heavy (non-hydrogen) atoms. The maximum Gasteiger partial charge on any atom is 0.272 e. The van der Waals surface area contributed by atoms with Gasteiger partial charge in [-0.3, -0.25) is 19.7 Å². The van der Waals surface area contributed by atoms with E-state index in [0.29, 0.717) is 5.76 Å². The Kier molecular flexibility index (Phi) is 5.38. The second-order valence-corrected chi connectivity index (χ2v) is 7.41. The molecule has 0 bridgehead atoms. The van der Waals surface area contributed by atoms with Crippen molar-refractivity contribution in [2.24, 2.45) is 0 Å². The van der Waals surface area contributed by atoms with E-state index in [1.54, 1.807) is 12.1 Å². The highest BCUT2D eigenvalue weighted by Crippen LogP contribution is 2.40. The number of hydrogen-bond acceptors (Lipinski definition) is 6. The molecule has 0 saturated carbocycles. The van der Waals surface area contributed by atoms with Crippen molar-refractivity contribution in [1.82, 2.24) is 0 Å². The molecule has 3 aromatic rings. The Morgan fingerprint density at radius 3 is 2.35 bits per heavy atom. The predicted octanol–water partition coefficient (Wildman–Crippen LogP) is 4.68. The molecule has 156 valence electrons. The van der Waals surface area contributed by atoms with Gasteiger partial charge in [0.15, 0.2) is 11.6 Å². The molecule has 2 aromatic carbocycles. The maximum atomic E-state index is 13.7. The number of non-ortho nitro benzene ring substituents is 1. The molecule has 7 nitrogen and oxygen atoms in total. The fraction of sp³-hybridized carbons (Fsp3) is 0.0476. The van der Waals surface area contributed by atoms with Crippen LogP contribution in [0.15, 0.2) is 70.2 Å². The number of benzene rings is 2. The minimum absolute atomic E-state index is 0.0150. The molecule has 0 unspecified atom stereocenters. The van der Waals surface area contributed by atoms with Gasteiger partial charge in [0.25, 0.3) is 17.5 Å². The molecule has 0 fully saturated rings. The summed E-state index contributed by atoms with van der Waals surface area (Å²) in [6.45, 7) is 0. The molecule has 1 aliphatic rings. The normalized spacial score (nSPS) is 13.9. The molecule has 0 aliphatic carbocycles. The summed E-state index contributed by atoms with van der Waals surface area (Å²) >= 11 is 1.04. The standard InChI is InChI=1S/C21H12F2N2O5S/c22-16-8-7-14(10-17(16)23)24-20(26)18(12-3-5-13(6-4-12)25(28)29)19(21(24)27)31-11-15-2-1-9-30-15/h1-10H,11H2. The van der Waals surface area contributed by atoms with Crippen molar-refractivity contribution >= 4 is 40.5 Å². The lowest BCUT2D eigenvalue weighted by atomic mass is 10.1. The van der Waals surface area contributed by atoms with E-state index in [-0.39, 0.29) is 33.2 Å². The van der Waals surface area contributed by atoms with Gasteiger partial charge in [0.2, 0.25) is 0 Å². The van der Waals surface area contributed by atoms with Gasteiger partial charge in [-0.15, -0.1) is 11.8 Å². The molecule has 0 saturated heterocycles. The summed E-state index contributed by atoms with van der Waals surface area (Å²) in [5, 5.41) is 10.9. The second-order valence-electron chi connectivity index (χ2n) is 6.42. The molecule has 0 spiro atoms. The molecule has 2 heterocycles.